The van der Waals surface area contributed by atoms with E-state index in [4.69, 9.17) is 14.2 Å². The second-order valence-corrected chi connectivity index (χ2v) is 5.47. The molecule has 0 radical (unpaired) electrons. The lowest BCUT2D eigenvalue weighted by atomic mass is 9.95. The molecule has 1 atom stereocenters. The molecule has 138 valence electrons. The van der Waals surface area contributed by atoms with Gasteiger partial charge in [-0.1, -0.05) is 31.4 Å². The molecular weight excluding hydrogens is 336 g/mol. The molecule has 2 rings (SSSR count). The van der Waals surface area contributed by atoms with Crippen molar-refractivity contribution in [3.63, 3.8) is 0 Å². The van der Waals surface area contributed by atoms with Crippen LogP contribution >= 0.6 is 0 Å². The van der Waals surface area contributed by atoms with Crippen molar-refractivity contribution in [2.75, 3.05) is 20.3 Å². The molecule has 2 amide bonds. The number of hydrogen-bond donors (Lipinski definition) is 2. The van der Waals surface area contributed by atoms with Gasteiger partial charge in [0.15, 0.2) is 11.5 Å². The Hall–Kier alpha value is -3.22. The number of carbonyl (C=O) groups is 2. The van der Waals surface area contributed by atoms with Crippen LogP contribution in [0.1, 0.15) is 18.5 Å². The predicted molar refractivity (Wildman–Crippen MR) is 97.0 cm³/mol. The van der Waals surface area contributed by atoms with Gasteiger partial charge in [-0.2, -0.15) is 0 Å². The lowest BCUT2D eigenvalue weighted by Gasteiger charge is -2.28. The maximum Gasteiger partial charge on any atom is 0.338 e. The van der Waals surface area contributed by atoms with Crippen LogP contribution in [0, 0.1) is 0 Å². The summed E-state index contributed by atoms with van der Waals surface area (Å²) in [6.45, 7) is 9.19. The number of methoxy groups -OCH3 is 1. The van der Waals surface area contributed by atoms with Gasteiger partial charge < -0.3 is 24.8 Å². The molecule has 0 fully saturated rings. The number of rotatable bonds is 8. The van der Waals surface area contributed by atoms with E-state index in [9.17, 15) is 9.59 Å². The van der Waals surface area contributed by atoms with Crippen LogP contribution in [0.5, 0.6) is 11.5 Å². The maximum absolute atomic E-state index is 12.4. The monoisotopic (exact) mass is 358 g/mol. The van der Waals surface area contributed by atoms with E-state index in [1.807, 2.05) is 0 Å². The van der Waals surface area contributed by atoms with Crippen molar-refractivity contribution >= 4 is 12.0 Å². The highest BCUT2D eigenvalue weighted by atomic mass is 16.5. The van der Waals surface area contributed by atoms with Crippen LogP contribution in [0.3, 0.4) is 0 Å². The third-order valence-electron chi connectivity index (χ3n) is 3.70. The molecule has 7 heteroatoms. The first-order chi connectivity index (χ1) is 12.5. The molecule has 1 aromatic carbocycles. The van der Waals surface area contributed by atoms with Crippen molar-refractivity contribution in [1.29, 1.82) is 0 Å². The van der Waals surface area contributed by atoms with Crippen molar-refractivity contribution in [3.8, 4) is 11.5 Å². The zero-order valence-corrected chi connectivity index (χ0v) is 14.8. The molecule has 0 saturated carbocycles. The Balaban J connectivity index is 2.40. The van der Waals surface area contributed by atoms with Crippen LogP contribution < -0.4 is 20.1 Å². The lowest BCUT2D eigenvalue weighted by molar-refractivity contribution is -0.138. The number of esters is 1. The standard InChI is InChI=1S/C19H22N2O5/c1-5-9-25-14-8-7-13(11-15(14)24-4)17-16(18(22)26-10-6-2)12(3)20-19(23)21-17/h5-8,11,17H,1-2,9-10H2,3-4H3,(H2,20,21,23)/t17-/m0/s1. The van der Waals surface area contributed by atoms with E-state index < -0.39 is 18.0 Å². The Morgan fingerprint density at radius 1 is 1.23 bits per heavy atom. The molecule has 0 unspecified atom stereocenters. The van der Waals surface area contributed by atoms with Crippen LogP contribution in [-0.4, -0.2) is 32.3 Å². The van der Waals surface area contributed by atoms with Gasteiger partial charge in [0, 0.05) is 5.70 Å². The molecule has 7 nitrogen and oxygen atoms in total. The van der Waals surface area contributed by atoms with Crippen molar-refractivity contribution in [1.82, 2.24) is 10.6 Å². The van der Waals surface area contributed by atoms with Gasteiger partial charge in [-0.3, -0.25) is 0 Å². The van der Waals surface area contributed by atoms with Crippen LogP contribution in [0.4, 0.5) is 4.79 Å². The number of allylic oxidation sites excluding steroid dienone is 1. The Labute approximate surface area is 152 Å². The first-order valence-electron chi connectivity index (χ1n) is 7.99. The van der Waals surface area contributed by atoms with E-state index in [-0.39, 0.29) is 6.61 Å². The largest absolute Gasteiger partial charge is 0.493 e. The number of carbonyl (C=O) groups excluding carboxylic acids is 2. The van der Waals surface area contributed by atoms with Crippen LogP contribution in [0.2, 0.25) is 0 Å². The van der Waals surface area contributed by atoms with Crippen molar-refractivity contribution in [2.45, 2.75) is 13.0 Å². The van der Waals surface area contributed by atoms with Gasteiger partial charge in [-0.15, -0.1) is 0 Å². The molecule has 0 aliphatic carbocycles. The fourth-order valence-corrected chi connectivity index (χ4v) is 2.56. The number of ether oxygens (including phenoxy) is 3. The summed E-state index contributed by atoms with van der Waals surface area (Å²) in [6.07, 6.45) is 3.10. The van der Waals surface area contributed by atoms with E-state index in [1.54, 1.807) is 31.2 Å². The zero-order valence-electron chi connectivity index (χ0n) is 14.8. The third-order valence-corrected chi connectivity index (χ3v) is 3.70. The first kappa shape index (κ1) is 19.1. The molecule has 0 saturated heterocycles. The Morgan fingerprint density at radius 2 is 1.96 bits per heavy atom. The van der Waals surface area contributed by atoms with Gasteiger partial charge in [-0.25, -0.2) is 9.59 Å². The summed E-state index contributed by atoms with van der Waals surface area (Å²) >= 11 is 0. The van der Waals surface area contributed by atoms with Crippen LogP contribution in [0.15, 0.2) is 54.8 Å². The molecule has 2 N–H and O–H groups in total. The predicted octanol–water partition coefficient (Wildman–Crippen LogP) is 2.62. The summed E-state index contributed by atoms with van der Waals surface area (Å²) < 4.78 is 16.0. The highest BCUT2D eigenvalue weighted by molar-refractivity contribution is 5.95. The summed E-state index contributed by atoms with van der Waals surface area (Å²) in [5.41, 5.74) is 1.40. The van der Waals surface area contributed by atoms with E-state index >= 15 is 0 Å². The Morgan fingerprint density at radius 3 is 2.62 bits per heavy atom. The fraction of sp³-hybridized carbons (Fsp3) is 0.263. The minimum Gasteiger partial charge on any atom is -0.493 e. The van der Waals surface area contributed by atoms with E-state index in [0.717, 1.165) is 0 Å². The average Bonchev–Trinajstić information content (AvgIpc) is 2.63. The molecule has 0 bridgehead atoms. The first-order valence-corrected chi connectivity index (χ1v) is 7.99. The molecule has 1 aliphatic rings. The molecule has 26 heavy (non-hydrogen) atoms. The van der Waals surface area contributed by atoms with Gasteiger partial charge in [0.1, 0.15) is 13.2 Å². The number of urea groups is 1. The van der Waals surface area contributed by atoms with E-state index in [1.165, 1.54) is 13.2 Å². The number of hydrogen-bond acceptors (Lipinski definition) is 5. The van der Waals surface area contributed by atoms with E-state index in [0.29, 0.717) is 34.9 Å². The summed E-state index contributed by atoms with van der Waals surface area (Å²) in [6, 6.07) is 4.10. The lowest BCUT2D eigenvalue weighted by Crippen LogP contribution is -2.45. The fourth-order valence-electron chi connectivity index (χ4n) is 2.56. The summed E-state index contributed by atoms with van der Waals surface area (Å²) in [5.74, 6) is 0.479. The maximum atomic E-state index is 12.4. The minimum absolute atomic E-state index is 0.0773. The van der Waals surface area contributed by atoms with Crippen molar-refractivity contribution in [3.05, 3.63) is 60.3 Å². The number of benzene rings is 1. The Bertz CT molecular complexity index is 754. The molecule has 1 aliphatic heterocycles. The van der Waals surface area contributed by atoms with Gasteiger partial charge in [-0.05, 0) is 24.6 Å². The van der Waals surface area contributed by atoms with Gasteiger partial charge in [0.05, 0.1) is 18.7 Å². The second kappa shape index (κ2) is 8.75. The van der Waals surface area contributed by atoms with Crippen molar-refractivity contribution < 1.29 is 23.8 Å². The highest BCUT2D eigenvalue weighted by Gasteiger charge is 2.32. The molecular formula is C19H22N2O5. The summed E-state index contributed by atoms with van der Waals surface area (Å²) in [7, 11) is 1.52. The van der Waals surface area contributed by atoms with Crippen molar-refractivity contribution in [2.24, 2.45) is 0 Å². The van der Waals surface area contributed by atoms with Crippen LogP contribution in [0.25, 0.3) is 0 Å². The SMILES string of the molecule is C=CCOC(=O)C1=C(C)NC(=O)N[C@H]1c1ccc(OCC=C)c(OC)c1. The minimum atomic E-state index is -0.677. The topological polar surface area (TPSA) is 85.9 Å². The van der Waals surface area contributed by atoms with Gasteiger partial charge >= 0.3 is 12.0 Å². The normalized spacial score (nSPS) is 16.2. The van der Waals surface area contributed by atoms with Gasteiger partial charge in [0.25, 0.3) is 0 Å². The Kier molecular flexibility index (Phi) is 6.43. The quantitative estimate of drug-likeness (QED) is 0.551. The zero-order chi connectivity index (χ0) is 19.1. The second-order valence-electron chi connectivity index (χ2n) is 5.47. The number of amides is 2. The summed E-state index contributed by atoms with van der Waals surface area (Å²) in [5, 5.41) is 5.33. The number of nitrogens with one attached hydrogen (secondary N) is 2. The molecule has 1 aromatic rings. The van der Waals surface area contributed by atoms with E-state index in [2.05, 4.69) is 23.8 Å². The molecule has 1 heterocycles. The van der Waals surface area contributed by atoms with Gasteiger partial charge in [0.2, 0.25) is 0 Å². The molecule has 0 aromatic heterocycles. The summed E-state index contributed by atoms with van der Waals surface area (Å²) in [4.78, 5) is 24.3. The average molecular weight is 358 g/mol. The highest BCUT2D eigenvalue weighted by Crippen LogP contribution is 2.34. The molecule has 0 spiro atoms. The smallest absolute Gasteiger partial charge is 0.338 e. The third kappa shape index (κ3) is 4.24. The van der Waals surface area contributed by atoms with Crippen LogP contribution in [-0.2, 0) is 9.53 Å².